The molecule has 1 aliphatic rings. The first-order valence-electron chi connectivity index (χ1n) is 10.8. The third-order valence-corrected chi connectivity index (χ3v) is 6.07. The number of aryl methyl sites for hydroxylation is 1. The quantitative estimate of drug-likeness (QED) is 0.672. The van der Waals surface area contributed by atoms with Crippen LogP contribution >= 0.6 is 11.6 Å². The highest BCUT2D eigenvalue weighted by molar-refractivity contribution is 6.30. The zero-order valence-electron chi connectivity index (χ0n) is 17.9. The maximum Gasteiger partial charge on any atom is 0.242 e. The summed E-state index contributed by atoms with van der Waals surface area (Å²) in [6, 6.07) is 15.1. The normalized spacial score (nSPS) is 15.4. The summed E-state index contributed by atoms with van der Waals surface area (Å²) < 4.78 is 0. The molecule has 3 rings (SSSR count). The number of halogens is 1. The van der Waals surface area contributed by atoms with E-state index in [9.17, 15) is 9.59 Å². The van der Waals surface area contributed by atoms with Gasteiger partial charge >= 0.3 is 0 Å². The fourth-order valence-electron chi connectivity index (χ4n) is 4.04. The van der Waals surface area contributed by atoms with Crippen molar-refractivity contribution >= 4 is 23.4 Å². The molecule has 2 aromatic rings. The Bertz CT molecular complexity index is 860. The Balaban J connectivity index is 1.75. The van der Waals surface area contributed by atoms with E-state index in [2.05, 4.69) is 11.4 Å². The van der Waals surface area contributed by atoms with Crippen molar-refractivity contribution in [3.63, 3.8) is 0 Å². The molecule has 0 bridgehead atoms. The van der Waals surface area contributed by atoms with Gasteiger partial charge in [0.05, 0.1) is 6.42 Å². The number of carbonyl (C=O) groups is 2. The SMILES string of the molecule is Cc1cccc(CN(C(=O)Cc2ccc(Cl)cc2)[C@@H](C)C(=O)NC2CCCCC2)c1. The van der Waals surface area contributed by atoms with Crippen LogP contribution in [0.2, 0.25) is 5.02 Å². The Morgan fingerprint density at radius 1 is 1.07 bits per heavy atom. The van der Waals surface area contributed by atoms with Gasteiger partial charge in [0.2, 0.25) is 11.8 Å². The zero-order chi connectivity index (χ0) is 21.5. The molecule has 0 spiro atoms. The number of hydrogen-bond donors (Lipinski definition) is 1. The van der Waals surface area contributed by atoms with Crippen molar-refractivity contribution in [3.8, 4) is 0 Å². The van der Waals surface area contributed by atoms with Gasteiger partial charge in [-0.25, -0.2) is 0 Å². The monoisotopic (exact) mass is 426 g/mol. The minimum Gasteiger partial charge on any atom is -0.352 e. The first kappa shape index (κ1) is 22.4. The molecule has 4 nitrogen and oxygen atoms in total. The lowest BCUT2D eigenvalue weighted by Crippen LogP contribution is -2.50. The molecule has 2 aromatic carbocycles. The molecule has 5 heteroatoms. The maximum absolute atomic E-state index is 13.2. The molecule has 1 N–H and O–H groups in total. The first-order valence-corrected chi connectivity index (χ1v) is 11.2. The van der Waals surface area contributed by atoms with Crippen LogP contribution in [0.25, 0.3) is 0 Å². The van der Waals surface area contributed by atoms with E-state index in [0.29, 0.717) is 11.6 Å². The second kappa shape index (κ2) is 10.6. The Kier molecular flexibility index (Phi) is 7.92. The standard InChI is InChI=1S/C25H31ClN2O2/c1-18-7-6-8-21(15-18)17-28(24(29)16-20-11-13-22(26)14-12-20)19(2)25(30)27-23-9-4-3-5-10-23/h6-8,11-15,19,23H,3-5,9-10,16-17H2,1-2H3,(H,27,30)/t19-/m0/s1. The van der Waals surface area contributed by atoms with E-state index >= 15 is 0 Å². The Hall–Kier alpha value is -2.33. The largest absolute Gasteiger partial charge is 0.352 e. The first-order chi connectivity index (χ1) is 14.4. The van der Waals surface area contributed by atoms with Gasteiger partial charge in [-0.2, -0.15) is 0 Å². The highest BCUT2D eigenvalue weighted by atomic mass is 35.5. The van der Waals surface area contributed by atoms with E-state index in [1.165, 1.54) is 6.42 Å². The fraction of sp³-hybridized carbons (Fsp3) is 0.440. The number of carbonyl (C=O) groups excluding carboxylic acids is 2. The van der Waals surface area contributed by atoms with Crippen molar-refractivity contribution in [1.82, 2.24) is 10.2 Å². The van der Waals surface area contributed by atoms with Crippen molar-refractivity contribution in [2.75, 3.05) is 0 Å². The van der Waals surface area contributed by atoms with Crippen molar-refractivity contribution in [2.24, 2.45) is 0 Å². The van der Waals surface area contributed by atoms with Gasteiger partial charge in [-0.3, -0.25) is 9.59 Å². The van der Waals surface area contributed by atoms with E-state index in [-0.39, 0.29) is 24.3 Å². The second-order valence-corrected chi connectivity index (χ2v) is 8.77. The minimum absolute atomic E-state index is 0.0647. The van der Waals surface area contributed by atoms with Crippen LogP contribution in [-0.2, 0) is 22.6 Å². The van der Waals surface area contributed by atoms with Crippen LogP contribution in [0.4, 0.5) is 0 Å². The predicted molar refractivity (Wildman–Crippen MR) is 121 cm³/mol. The third kappa shape index (κ3) is 6.33. The van der Waals surface area contributed by atoms with E-state index in [1.807, 2.05) is 44.2 Å². The van der Waals surface area contributed by atoms with Crippen LogP contribution in [0, 0.1) is 6.92 Å². The molecule has 0 saturated heterocycles. The number of nitrogens with one attached hydrogen (secondary N) is 1. The Morgan fingerprint density at radius 3 is 2.43 bits per heavy atom. The third-order valence-electron chi connectivity index (χ3n) is 5.82. The van der Waals surface area contributed by atoms with Gasteiger partial charge < -0.3 is 10.2 Å². The molecule has 30 heavy (non-hydrogen) atoms. The smallest absolute Gasteiger partial charge is 0.242 e. The maximum atomic E-state index is 13.2. The Morgan fingerprint density at radius 2 is 1.77 bits per heavy atom. The summed E-state index contributed by atoms with van der Waals surface area (Å²) in [5.74, 6) is -0.135. The van der Waals surface area contributed by atoms with Crippen molar-refractivity contribution in [3.05, 3.63) is 70.2 Å². The molecule has 0 unspecified atom stereocenters. The molecule has 1 aliphatic carbocycles. The van der Waals surface area contributed by atoms with Gasteiger partial charge in [0.25, 0.3) is 0 Å². The topological polar surface area (TPSA) is 49.4 Å². The number of hydrogen-bond acceptors (Lipinski definition) is 2. The highest BCUT2D eigenvalue weighted by Gasteiger charge is 2.28. The van der Waals surface area contributed by atoms with Gasteiger partial charge in [-0.05, 0) is 49.9 Å². The van der Waals surface area contributed by atoms with Crippen LogP contribution in [0.5, 0.6) is 0 Å². The van der Waals surface area contributed by atoms with Crippen LogP contribution < -0.4 is 5.32 Å². The predicted octanol–water partition coefficient (Wildman–Crippen LogP) is 5.06. The molecule has 1 saturated carbocycles. The van der Waals surface area contributed by atoms with Gasteiger partial charge in [-0.15, -0.1) is 0 Å². The molecule has 0 heterocycles. The Labute approximate surface area is 184 Å². The highest BCUT2D eigenvalue weighted by Crippen LogP contribution is 2.19. The van der Waals surface area contributed by atoms with Gasteiger partial charge in [0.15, 0.2) is 0 Å². The van der Waals surface area contributed by atoms with E-state index in [4.69, 9.17) is 11.6 Å². The lowest BCUT2D eigenvalue weighted by molar-refractivity contribution is -0.140. The summed E-state index contributed by atoms with van der Waals surface area (Å²) in [4.78, 5) is 27.9. The molecular formula is C25H31ClN2O2. The average Bonchev–Trinajstić information content (AvgIpc) is 2.74. The summed E-state index contributed by atoms with van der Waals surface area (Å²) in [7, 11) is 0. The summed E-state index contributed by atoms with van der Waals surface area (Å²) in [6.07, 6.45) is 5.83. The molecule has 2 amide bonds. The summed E-state index contributed by atoms with van der Waals surface area (Å²) in [6.45, 7) is 4.27. The molecular weight excluding hydrogens is 396 g/mol. The fourth-order valence-corrected chi connectivity index (χ4v) is 4.16. The minimum atomic E-state index is -0.535. The van der Waals surface area contributed by atoms with Crippen molar-refractivity contribution in [1.29, 1.82) is 0 Å². The lowest BCUT2D eigenvalue weighted by Gasteiger charge is -2.31. The summed E-state index contributed by atoms with van der Waals surface area (Å²) in [5.41, 5.74) is 3.05. The molecule has 0 aliphatic heterocycles. The van der Waals surface area contributed by atoms with E-state index in [1.54, 1.807) is 17.0 Å². The van der Waals surface area contributed by atoms with Crippen LogP contribution in [0.1, 0.15) is 55.7 Å². The van der Waals surface area contributed by atoms with Crippen LogP contribution in [-0.4, -0.2) is 28.8 Å². The van der Waals surface area contributed by atoms with Crippen LogP contribution in [0.3, 0.4) is 0 Å². The van der Waals surface area contributed by atoms with Crippen molar-refractivity contribution in [2.45, 2.75) is 71.0 Å². The number of nitrogens with zero attached hydrogens (tertiary/aromatic N) is 1. The number of benzene rings is 2. The molecule has 160 valence electrons. The summed E-state index contributed by atoms with van der Waals surface area (Å²) >= 11 is 5.97. The van der Waals surface area contributed by atoms with E-state index in [0.717, 1.165) is 42.4 Å². The van der Waals surface area contributed by atoms with Gasteiger partial charge in [-0.1, -0.05) is 72.8 Å². The van der Waals surface area contributed by atoms with Gasteiger partial charge in [0, 0.05) is 17.6 Å². The average molecular weight is 427 g/mol. The molecule has 1 atom stereocenters. The second-order valence-electron chi connectivity index (χ2n) is 8.33. The number of rotatable bonds is 7. The van der Waals surface area contributed by atoms with Crippen LogP contribution in [0.15, 0.2) is 48.5 Å². The lowest BCUT2D eigenvalue weighted by atomic mass is 9.95. The zero-order valence-corrected chi connectivity index (χ0v) is 18.6. The summed E-state index contributed by atoms with van der Waals surface area (Å²) in [5, 5.41) is 3.81. The molecule has 0 aromatic heterocycles. The number of amides is 2. The van der Waals surface area contributed by atoms with Crippen molar-refractivity contribution < 1.29 is 9.59 Å². The molecule has 1 fully saturated rings. The van der Waals surface area contributed by atoms with Gasteiger partial charge in [0.1, 0.15) is 6.04 Å². The molecule has 0 radical (unpaired) electrons. The van der Waals surface area contributed by atoms with E-state index < -0.39 is 6.04 Å².